The number of amides is 1. The minimum absolute atomic E-state index is 0.123. The maximum atomic E-state index is 11.0. The highest BCUT2D eigenvalue weighted by Gasteiger charge is 2.20. The lowest BCUT2D eigenvalue weighted by molar-refractivity contribution is -0.122. The second-order valence-corrected chi connectivity index (χ2v) is 5.34. The third kappa shape index (κ3) is 4.55. The molecule has 3 N–H and O–H groups in total. The zero-order valence-electron chi connectivity index (χ0n) is 10.9. The smallest absolute Gasteiger partial charge is 0.220 e. The second-order valence-electron chi connectivity index (χ2n) is 5.34. The predicted octanol–water partition coefficient (Wildman–Crippen LogP) is 0.175. The fourth-order valence-electron chi connectivity index (χ4n) is 2.57. The zero-order valence-corrected chi connectivity index (χ0v) is 10.9. The molecular formula is C13H24N2O3. The van der Waals surface area contributed by atoms with Crippen molar-refractivity contribution in [3.05, 3.63) is 0 Å². The lowest BCUT2D eigenvalue weighted by atomic mass is 10.1. The van der Waals surface area contributed by atoms with Crippen LogP contribution in [0.15, 0.2) is 0 Å². The summed E-state index contributed by atoms with van der Waals surface area (Å²) in [6.45, 7) is 1.61. The van der Waals surface area contributed by atoms with Gasteiger partial charge in [-0.25, -0.2) is 0 Å². The summed E-state index contributed by atoms with van der Waals surface area (Å²) in [6, 6.07) is 0.281. The third-order valence-corrected chi connectivity index (χ3v) is 3.73. The fourth-order valence-corrected chi connectivity index (χ4v) is 2.57. The minimum Gasteiger partial charge on any atom is -0.389 e. The van der Waals surface area contributed by atoms with Gasteiger partial charge in [0.25, 0.3) is 0 Å². The van der Waals surface area contributed by atoms with E-state index in [0.717, 1.165) is 19.3 Å². The molecule has 0 spiro atoms. The molecule has 1 saturated carbocycles. The molecule has 1 saturated heterocycles. The molecule has 2 aliphatic rings. The van der Waals surface area contributed by atoms with Crippen LogP contribution in [0.4, 0.5) is 0 Å². The van der Waals surface area contributed by atoms with Gasteiger partial charge in [0, 0.05) is 25.6 Å². The van der Waals surface area contributed by atoms with E-state index in [1.807, 2.05) is 0 Å². The van der Waals surface area contributed by atoms with Gasteiger partial charge in [0.05, 0.1) is 18.8 Å². The summed E-state index contributed by atoms with van der Waals surface area (Å²) in [4.78, 5) is 11.0. The fraction of sp³-hybridized carbons (Fsp3) is 0.923. The number of aliphatic hydroxyl groups is 1. The van der Waals surface area contributed by atoms with Gasteiger partial charge in [-0.15, -0.1) is 0 Å². The Labute approximate surface area is 108 Å². The molecule has 2 unspecified atom stereocenters. The molecule has 0 bridgehead atoms. The summed E-state index contributed by atoms with van der Waals surface area (Å²) >= 11 is 0. The number of carbonyl (C=O) groups is 1. The van der Waals surface area contributed by atoms with Crippen LogP contribution in [0.5, 0.6) is 0 Å². The molecule has 2 fully saturated rings. The number of rotatable bonds is 6. The van der Waals surface area contributed by atoms with Gasteiger partial charge >= 0.3 is 0 Å². The molecule has 18 heavy (non-hydrogen) atoms. The average molecular weight is 256 g/mol. The first-order chi connectivity index (χ1) is 8.74. The first kappa shape index (κ1) is 13.8. The molecule has 0 aromatic heterocycles. The minimum atomic E-state index is -0.455. The molecule has 0 radical (unpaired) electrons. The molecule has 2 rings (SSSR count). The van der Waals surface area contributed by atoms with E-state index < -0.39 is 6.10 Å². The number of hydrogen-bond acceptors (Lipinski definition) is 4. The maximum Gasteiger partial charge on any atom is 0.220 e. The van der Waals surface area contributed by atoms with Crippen LogP contribution < -0.4 is 10.6 Å². The molecule has 1 aliphatic carbocycles. The van der Waals surface area contributed by atoms with Crippen LogP contribution in [0.1, 0.15) is 38.5 Å². The molecule has 5 nitrogen and oxygen atoms in total. The van der Waals surface area contributed by atoms with Crippen LogP contribution in [0, 0.1) is 0 Å². The Hall–Kier alpha value is -0.650. The molecule has 2 atom stereocenters. The van der Waals surface area contributed by atoms with E-state index in [4.69, 9.17) is 4.74 Å². The van der Waals surface area contributed by atoms with Crippen molar-refractivity contribution >= 4 is 5.91 Å². The van der Waals surface area contributed by atoms with E-state index in [1.165, 1.54) is 12.8 Å². The summed E-state index contributed by atoms with van der Waals surface area (Å²) in [5.41, 5.74) is 0. The topological polar surface area (TPSA) is 70.6 Å². The highest BCUT2D eigenvalue weighted by Crippen LogP contribution is 2.20. The Kier molecular flexibility index (Phi) is 5.41. The number of piperidine rings is 1. The molecule has 0 aromatic rings. The highest BCUT2D eigenvalue weighted by atomic mass is 16.5. The normalized spacial score (nSPS) is 27.2. The van der Waals surface area contributed by atoms with Gasteiger partial charge in [-0.05, 0) is 19.3 Å². The molecule has 1 heterocycles. The van der Waals surface area contributed by atoms with Gasteiger partial charge in [-0.2, -0.15) is 0 Å². The van der Waals surface area contributed by atoms with Crippen LogP contribution in [0.2, 0.25) is 0 Å². The Bertz CT molecular complexity index is 257. The Balaban J connectivity index is 1.53. The number of nitrogens with one attached hydrogen (secondary N) is 2. The van der Waals surface area contributed by atoms with E-state index in [-0.39, 0.29) is 11.9 Å². The first-order valence-corrected chi connectivity index (χ1v) is 7.04. The van der Waals surface area contributed by atoms with Crippen LogP contribution in [0.3, 0.4) is 0 Å². The number of ether oxygens (including phenoxy) is 1. The number of hydrogen-bond donors (Lipinski definition) is 3. The van der Waals surface area contributed by atoms with Gasteiger partial charge in [-0.1, -0.05) is 12.8 Å². The van der Waals surface area contributed by atoms with Gasteiger partial charge in [-0.3, -0.25) is 4.79 Å². The highest BCUT2D eigenvalue weighted by molar-refractivity contribution is 5.76. The Morgan fingerprint density at radius 1 is 1.39 bits per heavy atom. The third-order valence-electron chi connectivity index (χ3n) is 3.73. The summed E-state index contributed by atoms with van der Waals surface area (Å²) < 4.78 is 5.66. The maximum absolute atomic E-state index is 11.0. The van der Waals surface area contributed by atoms with Crippen molar-refractivity contribution in [2.45, 2.75) is 56.8 Å². The van der Waals surface area contributed by atoms with Gasteiger partial charge in [0.1, 0.15) is 0 Å². The lowest BCUT2D eigenvalue weighted by Gasteiger charge is -2.25. The molecule has 1 aliphatic heterocycles. The number of carbonyl (C=O) groups excluding carboxylic acids is 1. The SMILES string of the molecule is O=C1CCC(NCC(O)COC2CCCC2)CN1. The van der Waals surface area contributed by atoms with Crippen molar-refractivity contribution in [3.8, 4) is 0 Å². The largest absolute Gasteiger partial charge is 0.389 e. The van der Waals surface area contributed by atoms with Crippen LogP contribution in [-0.4, -0.2) is 49.0 Å². The van der Waals surface area contributed by atoms with Crippen molar-refractivity contribution in [3.63, 3.8) is 0 Å². The van der Waals surface area contributed by atoms with Crippen LogP contribution >= 0.6 is 0 Å². The van der Waals surface area contributed by atoms with Crippen molar-refractivity contribution in [2.75, 3.05) is 19.7 Å². The monoisotopic (exact) mass is 256 g/mol. The van der Waals surface area contributed by atoms with E-state index in [2.05, 4.69) is 10.6 Å². The van der Waals surface area contributed by atoms with E-state index in [9.17, 15) is 9.90 Å². The van der Waals surface area contributed by atoms with Crippen molar-refractivity contribution in [1.82, 2.24) is 10.6 Å². The molecule has 0 aromatic carbocycles. The average Bonchev–Trinajstić information content (AvgIpc) is 2.89. The van der Waals surface area contributed by atoms with Gasteiger partial charge < -0.3 is 20.5 Å². The van der Waals surface area contributed by atoms with Crippen molar-refractivity contribution < 1.29 is 14.6 Å². The lowest BCUT2D eigenvalue weighted by Crippen LogP contribution is -2.48. The Morgan fingerprint density at radius 2 is 2.17 bits per heavy atom. The van der Waals surface area contributed by atoms with Crippen molar-refractivity contribution in [2.24, 2.45) is 0 Å². The molecule has 1 amide bonds. The van der Waals surface area contributed by atoms with Crippen LogP contribution in [-0.2, 0) is 9.53 Å². The second kappa shape index (κ2) is 7.07. The summed E-state index contributed by atoms with van der Waals surface area (Å²) in [5, 5.41) is 15.9. The molecule has 5 heteroatoms. The first-order valence-electron chi connectivity index (χ1n) is 7.04. The quantitative estimate of drug-likeness (QED) is 0.634. The summed E-state index contributed by atoms with van der Waals surface area (Å²) in [5.74, 6) is 0.123. The number of aliphatic hydroxyl groups excluding tert-OH is 1. The van der Waals surface area contributed by atoms with E-state index in [0.29, 0.717) is 32.2 Å². The van der Waals surface area contributed by atoms with Crippen LogP contribution in [0.25, 0.3) is 0 Å². The molecular weight excluding hydrogens is 232 g/mol. The molecule has 104 valence electrons. The van der Waals surface area contributed by atoms with Gasteiger partial charge in [0.2, 0.25) is 5.91 Å². The summed E-state index contributed by atoms with van der Waals surface area (Å²) in [6.07, 6.45) is 6.09. The standard InChI is InChI=1S/C13H24N2O3/c16-11(9-18-12-3-1-2-4-12)8-14-10-5-6-13(17)15-7-10/h10-12,14,16H,1-9H2,(H,15,17). The zero-order chi connectivity index (χ0) is 12.8. The Morgan fingerprint density at radius 3 is 2.83 bits per heavy atom. The van der Waals surface area contributed by atoms with E-state index in [1.54, 1.807) is 0 Å². The van der Waals surface area contributed by atoms with Gasteiger partial charge in [0.15, 0.2) is 0 Å². The predicted molar refractivity (Wildman–Crippen MR) is 68.2 cm³/mol. The van der Waals surface area contributed by atoms with Crippen molar-refractivity contribution in [1.29, 1.82) is 0 Å². The van der Waals surface area contributed by atoms with E-state index >= 15 is 0 Å². The summed E-state index contributed by atoms with van der Waals surface area (Å²) in [7, 11) is 0.